The van der Waals surface area contributed by atoms with Crippen molar-refractivity contribution in [2.75, 3.05) is 6.61 Å². The van der Waals surface area contributed by atoms with Gasteiger partial charge in [-0.1, -0.05) is 44.2 Å². The number of rotatable bonds is 7. The smallest absolute Gasteiger partial charge is 0.143 e. The van der Waals surface area contributed by atoms with Gasteiger partial charge in [-0.3, -0.25) is 4.98 Å². The summed E-state index contributed by atoms with van der Waals surface area (Å²) in [6.07, 6.45) is 13.2. The third kappa shape index (κ3) is 5.08. The van der Waals surface area contributed by atoms with E-state index in [0.717, 1.165) is 40.6 Å². The minimum absolute atomic E-state index is 0.0479. The van der Waals surface area contributed by atoms with Crippen LogP contribution in [0.3, 0.4) is 0 Å². The molecule has 184 valence electrons. The molecule has 0 saturated heterocycles. The van der Waals surface area contributed by atoms with Crippen LogP contribution in [0.25, 0.3) is 22.3 Å². The van der Waals surface area contributed by atoms with Crippen molar-refractivity contribution in [1.82, 2.24) is 19.5 Å². The zero-order valence-electron chi connectivity index (χ0n) is 20.7. The number of imidazole rings is 1. The molecule has 7 heteroatoms. The number of fused-ring (bicyclic) bond motifs is 1. The Balaban J connectivity index is 1.70. The zero-order valence-corrected chi connectivity index (χ0v) is 21.5. The molecule has 3 aromatic heterocycles. The maximum Gasteiger partial charge on any atom is 0.143 e. The highest BCUT2D eigenvalue weighted by molar-refractivity contribution is 6.30. The van der Waals surface area contributed by atoms with Gasteiger partial charge in [0, 0.05) is 37.2 Å². The predicted molar refractivity (Wildman–Crippen MR) is 138 cm³/mol. The number of hydrogen-bond acceptors (Lipinski definition) is 5. The Bertz CT molecular complexity index is 1220. The van der Waals surface area contributed by atoms with Crippen molar-refractivity contribution < 1.29 is 4.74 Å². The molecule has 5 rings (SSSR count). The number of halogens is 1. The highest BCUT2D eigenvalue weighted by Crippen LogP contribution is 2.41. The summed E-state index contributed by atoms with van der Waals surface area (Å²) in [5.41, 5.74) is 3.64. The summed E-state index contributed by atoms with van der Waals surface area (Å²) in [4.78, 5) is 14.2. The molecule has 0 unspecified atom stereocenters. The number of aromatic nitrogens is 4. The molecule has 0 spiro atoms. The van der Waals surface area contributed by atoms with Crippen LogP contribution in [0.4, 0.5) is 0 Å². The van der Waals surface area contributed by atoms with Crippen LogP contribution >= 0.6 is 11.6 Å². The third-order valence-electron chi connectivity index (χ3n) is 7.85. The number of pyridine rings is 2. The van der Waals surface area contributed by atoms with Gasteiger partial charge in [-0.2, -0.15) is 5.26 Å². The second-order valence-corrected chi connectivity index (χ2v) is 10.8. The van der Waals surface area contributed by atoms with E-state index in [-0.39, 0.29) is 6.10 Å². The quantitative estimate of drug-likeness (QED) is 0.352. The van der Waals surface area contributed by atoms with Crippen molar-refractivity contribution in [3.05, 3.63) is 41.1 Å². The van der Waals surface area contributed by atoms with Crippen LogP contribution in [0, 0.1) is 29.1 Å². The molecule has 2 fully saturated rings. The Hall–Kier alpha value is -2.49. The lowest BCUT2D eigenvalue weighted by atomic mass is 9.83. The van der Waals surface area contributed by atoms with Crippen LogP contribution in [-0.2, 0) is 11.3 Å². The van der Waals surface area contributed by atoms with E-state index in [1.54, 1.807) is 12.4 Å². The Labute approximate surface area is 212 Å². The average Bonchev–Trinajstić information content (AvgIpc) is 3.52. The Morgan fingerprint density at radius 2 is 1.89 bits per heavy atom. The van der Waals surface area contributed by atoms with Crippen LogP contribution in [0.5, 0.6) is 0 Å². The lowest BCUT2D eigenvalue weighted by Crippen LogP contribution is -2.23. The fraction of sp³-hybridized carbons (Fsp3) is 0.571. The molecule has 2 saturated carbocycles. The Morgan fingerprint density at radius 1 is 1.11 bits per heavy atom. The summed E-state index contributed by atoms with van der Waals surface area (Å²) in [7, 11) is 0. The van der Waals surface area contributed by atoms with Gasteiger partial charge in [-0.05, 0) is 56.4 Å². The van der Waals surface area contributed by atoms with E-state index in [9.17, 15) is 5.26 Å². The summed E-state index contributed by atoms with van der Waals surface area (Å²) >= 11 is 6.31. The lowest BCUT2D eigenvalue weighted by Gasteiger charge is -2.29. The van der Waals surface area contributed by atoms with Gasteiger partial charge in [0.25, 0.3) is 0 Å². The predicted octanol–water partition coefficient (Wildman–Crippen LogP) is 7.11. The minimum Gasteiger partial charge on any atom is -0.370 e. The molecule has 0 radical (unpaired) electrons. The van der Waals surface area contributed by atoms with Crippen molar-refractivity contribution in [2.45, 2.75) is 77.9 Å². The number of ether oxygens (including phenoxy) is 1. The highest BCUT2D eigenvalue weighted by atomic mass is 35.5. The third-order valence-corrected chi connectivity index (χ3v) is 8.06. The van der Waals surface area contributed by atoms with E-state index < -0.39 is 0 Å². The van der Waals surface area contributed by atoms with Crippen LogP contribution in [0.1, 0.15) is 82.8 Å². The highest BCUT2D eigenvalue weighted by Gasteiger charge is 2.33. The van der Waals surface area contributed by atoms with Crippen molar-refractivity contribution in [1.29, 1.82) is 5.26 Å². The standard InChI is InChI=1S/C28H34ClN5O/c1-3-35-27(20-6-4-5-7-20)28-33-24-13-23(14-30)32-25(21-12-22(29)16-31-15-21)26(24)34(28)17-19-10-8-18(2)9-11-19/h12-13,15-16,18-20,27H,3-11,17H2,1-2H3/t18-,19-,27-/m1/s1. The molecule has 2 aliphatic rings. The lowest BCUT2D eigenvalue weighted by molar-refractivity contribution is 0.0114. The van der Waals surface area contributed by atoms with Crippen LogP contribution in [0.15, 0.2) is 24.5 Å². The second kappa shape index (κ2) is 10.6. The summed E-state index contributed by atoms with van der Waals surface area (Å²) < 4.78 is 8.78. The van der Waals surface area contributed by atoms with Crippen molar-refractivity contribution in [3.8, 4) is 17.3 Å². The first-order valence-corrected chi connectivity index (χ1v) is 13.5. The fourth-order valence-electron chi connectivity index (χ4n) is 6.01. The maximum atomic E-state index is 9.74. The van der Waals surface area contributed by atoms with E-state index in [1.165, 1.54) is 51.4 Å². The van der Waals surface area contributed by atoms with Gasteiger partial charge in [0.15, 0.2) is 0 Å². The largest absolute Gasteiger partial charge is 0.370 e. The molecule has 1 atom stereocenters. The first-order chi connectivity index (χ1) is 17.1. The molecule has 3 heterocycles. The van der Waals surface area contributed by atoms with Crippen LogP contribution < -0.4 is 0 Å². The fourth-order valence-corrected chi connectivity index (χ4v) is 6.18. The van der Waals surface area contributed by atoms with E-state index in [1.807, 2.05) is 12.1 Å². The molecule has 6 nitrogen and oxygen atoms in total. The molecular weight excluding hydrogens is 458 g/mol. The van der Waals surface area contributed by atoms with E-state index in [0.29, 0.717) is 29.2 Å². The molecule has 0 bridgehead atoms. The summed E-state index contributed by atoms with van der Waals surface area (Å²) in [5, 5.41) is 10.3. The van der Waals surface area contributed by atoms with Crippen molar-refractivity contribution in [3.63, 3.8) is 0 Å². The van der Waals surface area contributed by atoms with Crippen LogP contribution in [0.2, 0.25) is 5.02 Å². The Morgan fingerprint density at radius 3 is 2.57 bits per heavy atom. The SMILES string of the molecule is CCO[C@@H](c1nc2cc(C#N)nc(-c3cncc(Cl)c3)c2n1C[C@H]1CC[C@H](C)CC1)C1CCCC1. The maximum absolute atomic E-state index is 9.74. The molecule has 0 aromatic carbocycles. The molecule has 35 heavy (non-hydrogen) atoms. The van der Waals surface area contributed by atoms with Crippen LogP contribution in [-0.4, -0.2) is 26.1 Å². The molecule has 2 aliphatic carbocycles. The molecule has 0 N–H and O–H groups in total. The zero-order chi connectivity index (χ0) is 24.4. The van der Waals surface area contributed by atoms with E-state index in [4.69, 9.17) is 26.3 Å². The average molecular weight is 492 g/mol. The summed E-state index contributed by atoms with van der Waals surface area (Å²) in [6, 6.07) is 5.91. The van der Waals surface area contributed by atoms with Gasteiger partial charge >= 0.3 is 0 Å². The van der Waals surface area contributed by atoms with Crippen molar-refractivity contribution >= 4 is 22.6 Å². The number of hydrogen-bond donors (Lipinski definition) is 0. The molecule has 3 aromatic rings. The van der Waals surface area contributed by atoms with Crippen molar-refractivity contribution in [2.24, 2.45) is 17.8 Å². The van der Waals surface area contributed by atoms with Gasteiger partial charge in [-0.25, -0.2) is 9.97 Å². The van der Waals surface area contributed by atoms with Gasteiger partial charge in [-0.15, -0.1) is 0 Å². The molecular formula is C28H34ClN5O. The molecule has 0 aliphatic heterocycles. The van der Waals surface area contributed by atoms with E-state index in [2.05, 4.69) is 29.5 Å². The minimum atomic E-state index is -0.0479. The van der Waals surface area contributed by atoms with Gasteiger partial charge in [0.2, 0.25) is 0 Å². The van der Waals surface area contributed by atoms with E-state index >= 15 is 0 Å². The first-order valence-electron chi connectivity index (χ1n) is 13.1. The topological polar surface area (TPSA) is 76.6 Å². The summed E-state index contributed by atoms with van der Waals surface area (Å²) in [5.74, 6) is 2.85. The normalized spacial score (nSPS) is 21.9. The Kier molecular flexibility index (Phi) is 7.36. The number of nitriles is 1. The van der Waals surface area contributed by atoms with Gasteiger partial charge in [0.05, 0.1) is 21.7 Å². The first kappa shape index (κ1) is 24.2. The number of nitrogens with zero attached hydrogens (tertiary/aromatic N) is 5. The summed E-state index contributed by atoms with van der Waals surface area (Å²) in [6.45, 7) is 5.97. The monoisotopic (exact) mass is 491 g/mol. The van der Waals surface area contributed by atoms with Gasteiger partial charge < -0.3 is 9.30 Å². The van der Waals surface area contributed by atoms with Gasteiger partial charge in [0.1, 0.15) is 23.7 Å². The molecule has 0 amide bonds. The second-order valence-electron chi connectivity index (χ2n) is 10.4.